The lowest BCUT2D eigenvalue weighted by Gasteiger charge is -2.42. The largest absolute Gasteiger partial charge is 0.414 e. The zero-order chi connectivity index (χ0) is 14.0. The second-order valence-electron chi connectivity index (χ2n) is 6.58. The first-order valence-corrected chi connectivity index (χ1v) is 9.57. The SMILES string of the molecule is CO[C@@H]1C[C@H](O[Si](C)(C)C(C)(C)C)C[C@@H](CO)O1. The smallest absolute Gasteiger partial charge is 0.192 e. The summed E-state index contributed by atoms with van der Waals surface area (Å²) in [5, 5.41) is 9.45. The molecule has 3 atom stereocenters. The Morgan fingerprint density at radius 1 is 1.28 bits per heavy atom. The van der Waals surface area contributed by atoms with Crippen LogP contribution in [-0.2, 0) is 13.9 Å². The predicted octanol–water partition coefficient (Wildman–Crippen LogP) is 2.52. The second kappa shape index (κ2) is 6.01. The summed E-state index contributed by atoms with van der Waals surface area (Å²) in [5.74, 6) is 0. The highest BCUT2D eigenvalue weighted by Gasteiger charge is 2.41. The van der Waals surface area contributed by atoms with Crippen LogP contribution >= 0.6 is 0 Å². The van der Waals surface area contributed by atoms with Gasteiger partial charge in [-0.1, -0.05) is 20.8 Å². The number of rotatable bonds is 4. The Hall–Kier alpha value is 0.0569. The molecule has 0 aromatic rings. The van der Waals surface area contributed by atoms with Gasteiger partial charge < -0.3 is 19.0 Å². The van der Waals surface area contributed by atoms with Crippen molar-refractivity contribution >= 4 is 8.32 Å². The van der Waals surface area contributed by atoms with E-state index in [1.165, 1.54) is 0 Å². The number of methoxy groups -OCH3 is 1. The van der Waals surface area contributed by atoms with E-state index in [0.717, 1.165) is 12.8 Å². The van der Waals surface area contributed by atoms with Gasteiger partial charge in [0.2, 0.25) is 0 Å². The van der Waals surface area contributed by atoms with Crippen LogP contribution in [0, 0.1) is 0 Å². The zero-order valence-corrected chi connectivity index (χ0v) is 13.5. The van der Waals surface area contributed by atoms with Gasteiger partial charge in [-0.05, 0) is 18.1 Å². The van der Waals surface area contributed by atoms with Crippen LogP contribution in [0.4, 0.5) is 0 Å². The van der Waals surface area contributed by atoms with Crippen molar-refractivity contribution in [2.24, 2.45) is 0 Å². The van der Waals surface area contributed by atoms with Gasteiger partial charge in [0.1, 0.15) is 0 Å². The van der Waals surface area contributed by atoms with E-state index in [0.29, 0.717) is 0 Å². The first-order valence-electron chi connectivity index (χ1n) is 6.66. The van der Waals surface area contributed by atoms with Crippen molar-refractivity contribution in [2.45, 2.75) is 70.2 Å². The van der Waals surface area contributed by atoms with Crippen LogP contribution in [0.25, 0.3) is 0 Å². The first kappa shape index (κ1) is 16.1. The van der Waals surface area contributed by atoms with Crippen LogP contribution in [-0.4, -0.2) is 45.6 Å². The standard InChI is InChI=1S/C13H28O4Si/c1-13(2,3)18(5,6)17-10-7-11(9-14)16-12(8-10)15-4/h10-12,14H,7-9H2,1-6H3/t10-,11+,12+/m1/s1. The van der Waals surface area contributed by atoms with Crippen molar-refractivity contribution < 1.29 is 19.0 Å². The molecule has 0 amide bonds. The van der Waals surface area contributed by atoms with Gasteiger partial charge in [-0.3, -0.25) is 0 Å². The van der Waals surface area contributed by atoms with Gasteiger partial charge in [0.15, 0.2) is 14.6 Å². The Balaban J connectivity index is 2.65. The van der Waals surface area contributed by atoms with Gasteiger partial charge in [-0.15, -0.1) is 0 Å². The average molecular weight is 276 g/mol. The molecule has 0 aromatic carbocycles. The maximum atomic E-state index is 9.26. The lowest BCUT2D eigenvalue weighted by atomic mass is 10.1. The number of hydrogen-bond acceptors (Lipinski definition) is 4. The van der Waals surface area contributed by atoms with E-state index in [2.05, 4.69) is 33.9 Å². The highest BCUT2D eigenvalue weighted by molar-refractivity contribution is 6.74. The Morgan fingerprint density at radius 2 is 1.89 bits per heavy atom. The van der Waals surface area contributed by atoms with E-state index in [4.69, 9.17) is 13.9 Å². The van der Waals surface area contributed by atoms with Crippen molar-refractivity contribution in [1.29, 1.82) is 0 Å². The monoisotopic (exact) mass is 276 g/mol. The molecule has 1 N–H and O–H groups in total. The van der Waals surface area contributed by atoms with Crippen LogP contribution < -0.4 is 0 Å². The van der Waals surface area contributed by atoms with Gasteiger partial charge >= 0.3 is 0 Å². The normalized spacial score (nSPS) is 30.5. The van der Waals surface area contributed by atoms with E-state index in [1.54, 1.807) is 7.11 Å². The van der Waals surface area contributed by atoms with Crippen LogP contribution in [0.2, 0.25) is 18.1 Å². The molecule has 0 aliphatic carbocycles. The highest BCUT2D eigenvalue weighted by atomic mass is 28.4. The lowest BCUT2D eigenvalue weighted by Crippen LogP contribution is -2.48. The van der Waals surface area contributed by atoms with Crippen LogP contribution in [0.15, 0.2) is 0 Å². The van der Waals surface area contributed by atoms with Crippen molar-refractivity contribution in [3.8, 4) is 0 Å². The highest BCUT2D eigenvalue weighted by Crippen LogP contribution is 2.39. The van der Waals surface area contributed by atoms with Crippen LogP contribution in [0.5, 0.6) is 0 Å². The van der Waals surface area contributed by atoms with Gasteiger partial charge in [0.05, 0.1) is 18.8 Å². The molecular weight excluding hydrogens is 248 g/mol. The third-order valence-corrected chi connectivity index (χ3v) is 8.59. The summed E-state index contributed by atoms with van der Waals surface area (Å²) in [6, 6.07) is 0. The molecular formula is C13H28O4Si. The maximum Gasteiger partial charge on any atom is 0.192 e. The molecule has 1 heterocycles. The molecule has 0 bridgehead atoms. The third kappa shape index (κ3) is 4.03. The van der Waals surface area contributed by atoms with Crippen molar-refractivity contribution in [3.63, 3.8) is 0 Å². The topological polar surface area (TPSA) is 47.9 Å². The Bertz CT molecular complexity index is 250. The molecule has 0 aromatic heterocycles. The summed E-state index contributed by atoms with van der Waals surface area (Å²) < 4.78 is 17.2. The molecule has 4 nitrogen and oxygen atoms in total. The third-order valence-electron chi connectivity index (χ3n) is 4.06. The minimum atomic E-state index is -1.77. The lowest BCUT2D eigenvalue weighted by molar-refractivity contribution is -0.208. The number of hydrogen-bond donors (Lipinski definition) is 1. The average Bonchev–Trinajstić information content (AvgIpc) is 2.26. The van der Waals surface area contributed by atoms with Gasteiger partial charge in [-0.25, -0.2) is 0 Å². The fourth-order valence-corrected chi connectivity index (χ4v) is 3.27. The molecule has 0 unspecified atom stereocenters. The van der Waals surface area contributed by atoms with E-state index < -0.39 is 8.32 Å². The molecule has 1 rings (SSSR count). The fourth-order valence-electron chi connectivity index (χ4n) is 1.89. The summed E-state index contributed by atoms with van der Waals surface area (Å²) in [6.07, 6.45) is 1.20. The van der Waals surface area contributed by atoms with Crippen molar-refractivity contribution in [3.05, 3.63) is 0 Å². The van der Waals surface area contributed by atoms with E-state index in [9.17, 15) is 5.11 Å². The van der Waals surface area contributed by atoms with Crippen LogP contribution in [0.1, 0.15) is 33.6 Å². The Labute approximate surface area is 112 Å². The molecule has 5 heteroatoms. The summed E-state index contributed by atoms with van der Waals surface area (Å²) in [4.78, 5) is 0. The van der Waals surface area contributed by atoms with Gasteiger partial charge in [-0.2, -0.15) is 0 Å². The summed E-state index contributed by atoms with van der Waals surface area (Å²) in [6.45, 7) is 11.2. The van der Waals surface area contributed by atoms with Gasteiger partial charge in [0.25, 0.3) is 0 Å². The van der Waals surface area contributed by atoms with Crippen molar-refractivity contribution in [2.75, 3.05) is 13.7 Å². The minimum absolute atomic E-state index is 0.0250. The molecule has 1 aliphatic rings. The second-order valence-corrected chi connectivity index (χ2v) is 11.3. The summed E-state index contributed by atoms with van der Waals surface area (Å²) in [7, 11) is -0.137. The van der Waals surface area contributed by atoms with Gasteiger partial charge in [0, 0.05) is 20.0 Å². The molecule has 0 spiro atoms. The Morgan fingerprint density at radius 3 is 2.33 bits per heavy atom. The van der Waals surface area contributed by atoms with Crippen molar-refractivity contribution in [1.82, 2.24) is 0 Å². The van der Waals surface area contributed by atoms with E-state index in [-0.39, 0.29) is 30.1 Å². The molecule has 1 saturated heterocycles. The van der Waals surface area contributed by atoms with E-state index in [1.807, 2.05) is 0 Å². The van der Waals surface area contributed by atoms with Crippen LogP contribution in [0.3, 0.4) is 0 Å². The Kier molecular flexibility index (Phi) is 5.38. The fraction of sp³-hybridized carbons (Fsp3) is 1.00. The molecule has 0 radical (unpaired) electrons. The van der Waals surface area contributed by atoms with E-state index >= 15 is 0 Å². The predicted molar refractivity (Wildman–Crippen MR) is 74.1 cm³/mol. The molecule has 1 aliphatic heterocycles. The number of aliphatic hydroxyl groups is 1. The maximum absolute atomic E-state index is 9.26. The number of ether oxygens (including phenoxy) is 2. The summed E-state index contributed by atoms with van der Waals surface area (Å²) >= 11 is 0. The quantitative estimate of drug-likeness (QED) is 0.802. The molecule has 1 fully saturated rings. The minimum Gasteiger partial charge on any atom is -0.414 e. The molecule has 18 heavy (non-hydrogen) atoms. The number of aliphatic hydroxyl groups excluding tert-OH is 1. The molecule has 108 valence electrons. The summed E-state index contributed by atoms with van der Waals surface area (Å²) in [5.41, 5.74) is 0. The molecule has 0 saturated carbocycles. The first-order chi connectivity index (χ1) is 8.19. The zero-order valence-electron chi connectivity index (χ0n) is 12.5.